The topological polar surface area (TPSA) is 110 Å². The molecule has 0 aromatic heterocycles. The van der Waals surface area contributed by atoms with Crippen molar-refractivity contribution in [1.82, 2.24) is 0 Å². The van der Waals surface area contributed by atoms with Crippen LogP contribution in [0, 0.1) is 0 Å². The summed E-state index contributed by atoms with van der Waals surface area (Å²) in [5.41, 5.74) is 6.01. The molecule has 0 heterocycles. The van der Waals surface area contributed by atoms with Crippen molar-refractivity contribution in [2.75, 3.05) is 0 Å². The molecule has 0 aliphatic rings. The van der Waals surface area contributed by atoms with E-state index in [4.69, 9.17) is 15.5 Å². The van der Waals surface area contributed by atoms with Gasteiger partial charge in [0.1, 0.15) is 6.04 Å². The first kappa shape index (κ1) is 18.6. The van der Waals surface area contributed by atoms with Crippen molar-refractivity contribution in [3.63, 3.8) is 0 Å². The molecule has 0 fully saturated rings. The molecule has 0 amide bonds. The fourth-order valence-electron chi connectivity index (χ4n) is 1.51. The van der Waals surface area contributed by atoms with Crippen LogP contribution in [0.1, 0.15) is 12.5 Å². The van der Waals surface area contributed by atoms with Crippen LogP contribution in [0.25, 0.3) is 0 Å². The fourth-order valence-corrected chi connectivity index (χ4v) is 2.04. The maximum Gasteiger partial charge on any atom is 0.440 e. The number of carbonyl (C=O) groups excluding carboxylic acids is 1. The van der Waals surface area contributed by atoms with E-state index >= 15 is 0 Å². The normalized spacial score (nSPS) is 16.7. The largest absolute Gasteiger partial charge is 0.440 e. The van der Waals surface area contributed by atoms with Crippen LogP contribution in [-0.2, 0) is 20.5 Å². The van der Waals surface area contributed by atoms with Crippen LogP contribution >= 0.6 is 7.60 Å². The Morgan fingerprint density at radius 3 is 2.23 bits per heavy atom. The van der Waals surface area contributed by atoms with Crippen molar-refractivity contribution in [2.24, 2.45) is 5.73 Å². The number of halogens is 3. The van der Waals surface area contributed by atoms with Gasteiger partial charge < -0.3 is 20.3 Å². The maximum atomic E-state index is 12.8. The fraction of sp³-hybridized carbons (Fsp3) is 0.417. The number of hydrogen-bond donors (Lipinski definition) is 3. The molecule has 0 saturated heterocycles. The summed E-state index contributed by atoms with van der Waals surface area (Å²) in [5, 5.41) is -3.94. The zero-order valence-corrected chi connectivity index (χ0v) is 12.3. The molecule has 124 valence electrons. The first-order valence-corrected chi connectivity index (χ1v) is 7.64. The minimum atomic E-state index is -5.81. The van der Waals surface area contributed by atoms with E-state index in [0.717, 1.165) is 0 Å². The molecule has 1 rings (SSSR count). The summed E-state index contributed by atoms with van der Waals surface area (Å²) in [7, 11) is -5.81. The molecular formula is C12H15F3NO5P. The Morgan fingerprint density at radius 1 is 1.32 bits per heavy atom. The van der Waals surface area contributed by atoms with Gasteiger partial charge >= 0.3 is 25.1 Å². The Bertz CT molecular complexity index is 574. The van der Waals surface area contributed by atoms with Gasteiger partial charge in [0.2, 0.25) is 0 Å². The van der Waals surface area contributed by atoms with E-state index in [0.29, 0.717) is 5.56 Å². The zero-order chi connectivity index (χ0) is 17.2. The van der Waals surface area contributed by atoms with Crippen LogP contribution in [0.2, 0.25) is 0 Å². The van der Waals surface area contributed by atoms with Gasteiger partial charge in [-0.2, -0.15) is 13.2 Å². The Balaban J connectivity index is 2.91. The molecule has 0 spiro atoms. The van der Waals surface area contributed by atoms with Crippen LogP contribution in [-0.4, -0.2) is 33.3 Å². The van der Waals surface area contributed by atoms with Crippen LogP contribution < -0.4 is 5.73 Å². The highest BCUT2D eigenvalue weighted by atomic mass is 31.2. The van der Waals surface area contributed by atoms with Crippen LogP contribution in [0.3, 0.4) is 0 Å². The Hall–Kier alpha value is -1.41. The molecule has 1 aromatic rings. The lowest BCUT2D eigenvalue weighted by atomic mass is 10.1. The summed E-state index contributed by atoms with van der Waals surface area (Å²) in [4.78, 5) is 29.4. The predicted molar refractivity (Wildman–Crippen MR) is 70.7 cm³/mol. The average Bonchev–Trinajstić information content (AvgIpc) is 2.37. The van der Waals surface area contributed by atoms with E-state index in [1.807, 2.05) is 0 Å². The van der Waals surface area contributed by atoms with Gasteiger partial charge in [0.25, 0.3) is 0 Å². The summed E-state index contributed by atoms with van der Waals surface area (Å²) in [6.45, 7) is 0.112. The van der Waals surface area contributed by atoms with E-state index in [-0.39, 0.29) is 13.3 Å². The van der Waals surface area contributed by atoms with Gasteiger partial charge in [0.05, 0.1) is 0 Å². The van der Waals surface area contributed by atoms with Crippen molar-refractivity contribution in [2.45, 2.75) is 30.9 Å². The monoisotopic (exact) mass is 341 g/mol. The molecule has 10 heteroatoms. The van der Waals surface area contributed by atoms with E-state index in [1.54, 1.807) is 30.3 Å². The molecule has 1 aromatic carbocycles. The average molecular weight is 341 g/mol. The molecule has 0 saturated carbocycles. The molecule has 6 nitrogen and oxygen atoms in total. The Morgan fingerprint density at radius 2 is 1.82 bits per heavy atom. The SMILES string of the molecule is CC(OC(=O)[C@@H](N)Cc1ccccc1)(C(F)(F)F)P(=O)(O)O. The minimum Gasteiger partial charge on any atom is -0.435 e. The van der Waals surface area contributed by atoms with Crippen LogP contribution in [0.15, 0.2) is 30.3 Å². The van der Waals surface area contributed by atoms with Crippen molar-refractivity contribution in [3.8, 4) is 0 Å². The molecule has 1 unspecified atom stereocenters. The van der Waals surface area contributed by atoms with E-state index in [9.17, 15) is 22.5 Å². The number of nitrogens with two attached hydrogens (primary N) is 1. The molecular weight excluding hydrogens is 326 g/mol. The van der Waals surface area contributed by atoms with Crippen LogP contribution in [0.4, 0.5) is 13.2 Å². The summed E-state index contributed by atoms with van der Waals surface area (Å²) in [5.74, 6) is -1.55. The highest BCUT2D eigenvalue weighted by Gasteiger charge is 2.66. The number of esters is 1. The van der Waals surface area contributed by atoms with Gasteiger partial charge in [-0.15, -0.1) is 0 Å². The Kier molecular flexibility index (Phi) is 5.40. The smallest absolute Gasteiger partial charge is 0.435 e. The lowest BCUT2D eigenvalue weighted by Crippen LogP contribution is -2.49. The molecule has 0 radical (unpaired) electrons. The van der Waals surface area contributed by atoms with Gasteiger partial charge in [0, 0.05) is 0 Å². The number of rotatable bonds is 5. The van der Waals surface area contributed by atoms with Gasteiger partial charge in [0.15, 0.2) is 0 Å². The third kappa shape index (κ3) is 4.07. The van der Waals surface area contributed by atoms with Gasteiger partial charge in [-0.05, 0) is 18.9 Å². The minimum absolute atomic E-state index is 0.112. The molecule has 0 aliphatic carbocycles. The summed E-state index contributed by atoms with van der Waals surface area (Å²) in [6, 6.07) is 6.68. The van der Waals surface area contributed by atoms with Gasteiger partial charge in [-0.1, -0.05) is 30.3 Å². The van der Waals surface area contributed by atoms with Crippen molar-refractivity contribution in [1.29, 1.82) is 0 Å². The quantitative estimate of drug-likeness (QED) is 0.554. The number of benzene rings is 1. The molecule has 0 aliphatic heterocycles. The maximum absolute atomic E-state index is 12.8. The standard InChI is InChI=1S/C12H15F3NO5P/c1-11(12(13,14)15,22(18,19)20)21-10(17)9(16)7-8-5-3-2-4-6-8/h2-6,9H,7,16H2,1H3,(H2,18,19,20)/t9-,11?/m0/s1. The molecule has 0 bridgehead atoms. The third-order valence-corrected chi connectivity index (χ3v) is 4.44. The number of alkyl halides is 3. The predicted octanol–water partition coefficient (Wildman–Crippen LogP) is 1.56. The molecule has 4 N–H and O–H groups in total. The first-order chi connectivity index (χ1) is 9.88. The lowest BCUT2D eigenvalue weighted by molar-refractivity contribution is -0.238. The molecule has 22 heavy (non-hydrogen) atoms. The lowest BCUT2D eigenvalue weighted by Gasteiger charge is -2.32. The van der Waals surface area contributed by atoms with Crippen molar-refractivity contribution >= 4 is 13.6 Å². The van der Waals surface area contributed by atoms with Crippen molar-refractivity contribution < 1.29 is 37.1 Å². The second-order valence-electron chi connectivity index (χ2n) is 4.74. The van der Waals surface area contributed by atoms with E-state index in [2.05, 4.69) is 4.74 Å². The van der Waals surface area contributed by atoms with E-state index in [1.165, 1.54) is 0 Å². The first-order valence-electron chi connectivity index (χ1n) is 6.03. The second kappa shape index (κ2) is 6.37. The summed E-state index contributed by atoms with van der Waals surface area (Å²) >= 11 is 0. The molecule has 2 atom stereocenters. The Labute approximate surface area is 124 Å². The number of hydrogen-bond acceptors (Lipinski definition) is 4. The third-order valence-electron chi connectivity index (χ3n) is 2.98. The second-order valence-corrected chi connectivity index (χ2v) is 6.68. The number of ether oxygens (including phenoxy) is 1. The van der Waals surface area contributed by atoms with E-state index < -0.39 is 31.1 Å². The summed E-state index contributed by atoms with van der Waals surface area (Å²) < 4.78 is 53.6. The van der Waals surface area contributed by atoms with Crippen LogP contribution in [0.5, 0.6) is 0 Å². The highest BCUT2D eigenvalue weighted by Crippen LogP contribution is 2.59. The van der Waals surface area contributed by atoms with Gasteiger partial charge in [-0.25, -0.2) is 0 Å². The summed E-state index contributed by atoms with van der Waals surface area (Å²) in [6.07, 6.45) is -5.58. The zero-order valence-electron chi connectivity index (χ0n) is 11.4. The van der Waals surface area contributed by atoms with Gasteiger partial charge in [-0.3, -0.25) is 9.36 Å². The number of carbonyl (C=O) groups is 1. The van der Waals surface area contributed by atoms with Crippen molar-refractivity contribution in [3.05, 3.63) is 35.9 Å². The highest BCUT2D eigenvalue weighted by molar-refractivity contribution is 7.53.